The highest BCUT2D eigenvalue weighted by Gasteiger charge is 2.15. The minimum atomic E-state index is -0.997. The number of nitrogens with zero attached hydrogens (tertiary/aromatic N) is 3. The van der Waals surface area contributed by atoms with Gasteiger partial charge in [-0.3, -0.25) is 10.1 Å². The van der Waals surface area contributed by atoms with Crippen LogP contribution in [0.25, 0.3) is 0 Å². The lowest BCUT2D eigenvalue weighted by Crippen LogP contribution is -2.01. The molecule has 0 spiro atoms. The van der Waals surface area contributed by atoms with E-state index in [0.717, 1.165) is 18.3 Å². The molecule has 0 aliphatic carbocycles. The molecular weight excluding hydrogens is 274 g/mol. The van der Waals surface area contributed by atoms with Crippen LogP contribution in [0, 0.1) is 21.7 Å². The zero-order chi connectivity index (χ0) is 14.7. The van der Waals surface area contributed by atoms with Gasteiger partial charge >= 0.3 is 0 Å². The molecule has 0 saturated carbocycles. The van der Waals surface area contributed by atoms with Crippen molar-refractivity contribution in [3.05, 3.63) is 46.1 Å². The lowest BCUT2D eigenvalue weighted by Gasteiger charge is -2.07. The minimum absolute atomic E-state index is 0.0868. The van der Waals surface area contributed by atoms with E-state index in [0.29, 0.717) is 6.07 Å². The maximum absolute atomic E-state index is 13.6. The fraction of sp³-hybridized carbons (Fsp3) is 0.0909. The molecule has 0 unspecified atom stereocenters. The summed E-state index contributed by atoms with van der Waals surface area (Å²) >= 11 is 0. The summed E-state index contributed by atoms with van der Waals surface area (Å²) in [6.45, 7) is 0. The van der Waals surface area contributed by atoms with E-state index in [9.17, 15) is 18.9 Å². The molecule has 1 heterocycles. The van der Waals surface area contributed by atoms with Crippen LogP contribution in [0.4, 0.5) is 20.4 Å². The number of ether oxygens (including phenoxy) is 1. The number of anilines is 1. The normalized spacial score (nSPS) is 10.2. The first-order valence-corrected chi connectivity index (χ1v) is 5.33. The number of hydrogen-bond acceptors (Lipinski definition) is 6. The van der Waals surface area contributed by atoms with Crippen LogP contribution in [-0.2, 0) is 0 Å². The van der Waals surface area contributed by atoms with Crippen molar-refractivity contribution in [2.45, 2.75) is 0 Å². The Kier molecular flexibility index (Phi) is 3.69. The summed E-state index contributed by atoms with van der Waals surface area (Å²) in [7, 11) is 1.52. The summed E-state index contributed by atoms with van der Waals surface area (Å²) in [4.78, 5) is 17.0. The number of nitro groups is 1. The third-order valence-electron chi connectivity index (χ3n) is 2.27. The summed E-state index contributed by atoms with van der Waals surface area (Å²) in [5.41, 5.74) is -0.436. The second kappa shape index (κ2) is 5.43. The Morgan fingerprint density at radius 2 is 2.10 bits per heavy atom. The first-order valence-electron chi connectivity index (χ1n) is 5.33. The second-order valence-electron chi connectivity index (χ2n) is 3.57. The minimum Gasteiger partial charge on any atom is -0.433 e. The van der Waals surface area contributed by atoms with Crippen LogP contribution in [0.3, 0.4) is 0 Å². The average molecular weight is 282 g/mol. The van der Waals surface area contributed by atoms with E-state index in [-0.39, 0.29) is 11.7 Å². The summed E-state index contributed by atoms with van der Waals surface area (Å²) in [5, 5.41) is 13.0. The molecule has 2 aromatic rings. The topological polar surface area (TPSA) is 90.2 Å². The third-order valence-corrected chi connectivity index (χ3v) is 2.27. The lowest BCUT2D eigenvalue weighted by molar-refractivity contribution is -0.385. The second-order valence-corrected chi connectivity index (χ2v) is 3.57. The number of non-ortho nitro benzene ring substituents is 1. The number of nitrogens with one attached hydrogen (secondary N) is 1. The fourth-order valence-corrected chi connectivity index (χ4v) is 1.33. The van der Waals surface area contributed by atoms with Crippen molar-refractivity contribution in [2.75, 3.05) is 12.4 Å². The van der Waals surface area contributed by atoms with Crippen LogP contribution in [0.5, 0.6) is 11.6 Å². The zero-order valence-electron chi connectivity index (χ0n) is 10.1. The highest BCUT2D eigenvalue weighted by molar-refractivity contribution is 5.39. The van der Waals surface area contributed by atoms with Crippen molar-refractivity contribution in [1.29, 1.82) is 0 Å². The van der Waals surface area contributed by atoms with Crippen molar-refractivity contribution in [3.8, 4) is 11.6 Å². The molecule has 7 nitrogen and oxygen atoms in total. The molecule has 0 aliphatic heterocycles. The monoisotopic (exact) mass is 282 g/mol. The predicted octanol–water partition coefficient (Wildman–Crippen LogP) is 2.50. The van der Waals surface area contributed by atoms with E-state index in [1.807, 2.05) is 0 Å². The number of hydrogen-bond donors (Lipinski definition) is 1. The molecule has 0 saturated heterocycles. The SMILES string of the molecule is CNc1ncc(F)c(Oc2ccc([N+](=O)[O-])cc2F)n1. The number of aromatic nitrogens is 2. The largest absolute Gasteiger partial charge is 0.433 e. The Morgan fingerprint density at radius 1 is 1.35 bits per heavy atom. The van der Waals surface area contributed by atoms with Crippen LogP contribution >= 0.6 is 0 Å². The van der Waals surface area contributed by atoms with Gasteiger partial charge in [-0.1, -0.05) is 0 Å². The van der Waals surface area contributed by atoms with Gasteiger partial charge in [-0.15, -0.1) is 0 Å². The zero-order valence-corrected chi connectivity index (χ0v) is 10.1. The molecule has 0 atom stereocenters. The van der Waals surface area contributed by atoms with E-state index >= 15 is 0 Å². The van der Waals surface area contributed by atoms with E-state index in [1.165, 1.54) is 7.05 Å². The van der Waals surface area contributed by atoms with Crippen LogP contribution in [-0.4, -0.2) is 21.9 Å². The molecule has 0 bridgehead atoms. The Bertz CT molecular complexity index is 666. The standard InChI is InChI=1S/C11H8F2N4O3/c1-14-11-15-5-8(13)10(16-11)20-9-3-2-6(17(18)19)4-7(9)12/h2-5H,1H3,(H,14,15,16). The van der Waals surface area contributed by atoms with Crippen molar-refractivity contribution in [2.24, 2.45) is 0 Å². The molecule has 2 rings (SSSR count). The Balaban J connectivity index is 2.32. The quantitative estimate of drug-likeness (QED) is 0.684. The molecule has 0 aliphatic rings. The smallest absolute Gasteiger partial charge is 0.272 e. The summed E-state index contributed by atoms with van der Waals surface area (Å²) in [6, 6.07) is 2.73. The van der Waals surface area contributed by atoms with Crippen LogP contribution in [0.15, 0.2) is 24.4 Å². The van der Waals surface area contributed by atoms with Gasteiger partial charge < -0.3 is 10.1 Å². The first-order chi connectivity index (χ1) is 9.51. The van der Waals surface area contributed by atoms with Gasteiger partial charge in [-0.05, 0) is 6.07 Å². The molecule has 1 aromatic heterocycles. The molecule has 9 heteroatoms. The molecule has 0 radical (unpaired) electrons. The highest BCUT2D eigenvalue weighted by atomic mass is 19.1. The van der Waals surface area contributed by atoms with E-state index in [4.69, 9.17) is 4.74 Å². The highest BCUT2D eigenvalue weighted by Crippen LogP contribution is 2.28. The van der Waals surface area contributed by atoms with E-state index in [1.54, 1.807) is 0 Å². The Labute approximate surface area is 111 Å². The fourth-order valence-electron chi connectivity index (χ4n) is 1.33. The van der Waals surface area contributed by atoms with Gasteiger partial charge in [-0.25, -0.2) is 9.37 Å². The Hall–Kier alpha value is -2.84. The van der Waals surface area contributed by atoms with Gasteiger partial charge in [0.25, 0.3) is 11.6 Å². The molecule has 104 valence electrons. The van der Waals surface area contributed by atoms with Crippen molar-refractivity contribution >= 4 is 11.6 Å². The van der Waals surface area contributed by atoms with Gasteiger partial charge in [0.2, 0.25) is 11.8 Å². The van der Waals surface area contributed by atoms with Crippen molar-refractivity contribution in [3.63, 3.8) is 0 Å². The van der Waals surface area contributed by atoms with Crippen LogP contribution in [0.1, 0.15) is 0 Å². The van der Waals surface area contributed by atoms with E-state index in [2.05, 4.69) is 15.3 Å². The first kappa shape index (κ1) is 13.6. The predicted molar refractivity (Wildman–Crippen MR) is 64.7 cm³/mol. The van der Waals surface area contributed by atoms with Gasteiger partial charge in [0.1, 0.15) is 0 Å². The molecule has 1 aromatic carbocycles. The molecule has 0 amide bonds. The lowest BCUT2D eigenvalue weighted by atomic mass is 10.3. The molecule has 20 heavy (non-hydrogen) atoms. The van der Waals surface area contributed by atoms with Gasteiger partial charge in [0.15, 0.2) is 11.6 Å². The number of rotatable bonds is 4. The van der Waals surface area contributed by atoms with Crippen LogP contribution < -0.4 is 10.1 Å². The average Bonchev–Trinajstić information content (AvgIpc) is 2.43. The molecular formula is C11H8F2N4O3. The number of benzene rings is 1. The molecule has 1 N–H and O–H groups in total. The van der Waals surface area contributed by atoms with Crippen molar-refractivity contribution < 1.29 is 18.4 Å². The maximum atomic E-state index is 13.6. The summed E-state index contributed by atoms with van der Waals surface area (Å²) in [6.07, 6.45) is 0.859. The summed E-state index contributed by atoms with van der Waals surface area (Å²) < 4.78 is 32.0. The third kappa shape index (κ3) is 2.76. The Morgan fingerprint density at radius 3 is 2.70 bits per heavy atom. The van der Waals surface area contributed by atoms with E-state index < -0.39 is 28.1 Å². The van der Waals surface area contributed by atoms with Crippen molar-refractivity contribution in [1.82, 2.24) is 9.97 Å². The maximum Gasteiger partial charge on any atom is 0.272 e. The van der Waals surface area contributed by atoms with Gasteiger partial charge in [0, 0.05) is 13.1 Å². The molecule has 0 fully saturated rings. The number of nitro benzene ring substituents is 1. The van der Waals surface area contributed by atoms with Gasteiger partial charge in [-0.2, -0.15) is 9.37 Å². The van der Waals surface area contributed by atoms with Crippen LogP contribution in [0.2, 0.25) is 0 Å². The summed E-state index contributed by atoms with van der Waals surface area (Å²) in [5.74, 6) is -2.67. The van der Waals surface area contributed by atoms with Gasteiger partial charge in [0.05, 0.1) is 17.2 Å². The number of halogens is 2.